The van der Waals surface area contributed by atoms with Gasteiger partial charge in [-0.15, -0.1) is 0 Å². The second-order valence-electron chi connectivity index (χ2n) is 10.9. The summed E-state index contributed by atoms with van der Waals surface area (Å²) in [4.78, 5) is 14.3. The molecule has 0 aliphatic rings. The number of hydrogen-bond donors (Lipinski definition) is 0. The number of nitrogens with zero attached hydrogens (tertiary/aromatic N) is 1. The molecule has 0 rings (SSSR count). The highest BCUT2D eigenvalue weighted by Crippen LogP contribution is 2.17. The van der Waals surface area contributed by atoms with Crippen LogP contribution in [0.3, 0.4) is 0 Å². The van der Waals surface area contributed by atoms with Crippen molar-refractivity contribution >= 4 is 6.16 Å². The van der Waals surface area contributed by atoms with Crippen LogP contribution in [-0.2, 0) is 9.47 Å². The minimum atomic E-state index is -0.485. The fourth-order valence-electron chi connectivity index (χ4n) is 4.42. The van der Waals surface area contributed by atoms with E-state index in [1.807, 2.05) is 14.1 Å². The summed E-state index contributed by atoms with van der Waals surface area (Å²) >= 11 is 0. The van der Waals surface area contributed by atoms with Crippen LogP contribution in [0.5, 0.6) is 0 Å². The van der Waals surface area contributed by atoms with E-state index in [0.717, 1.165) is 51.5 Å². The molecule has 0 spiro atoms. The molecular weight excluding hydrogens is 482 g/mol. The van der Waals surface area contributed by atoms with Crippen molar-refractivity contribution in [3.63, 3.8) is 0 Å². The maximum atomic E-state index is 12.2. The smallest absolute Gasteiger partial charge is 0.434 e. The van der Waals surface area contributed by atoms with E-state index in [4.69, 9.17) is 9.47 Å². The van der Waals surface area contributed by atoms with E-state index in [-0.39, 0.29) is 13.5 Å². The molecule has 0 aromatic heterocycles. The summed E-state index contributed by atoms with van der Waals surface area (Å²) in [5, 5.41) is 0. The van der Waals surface area contributed by atoms with E-state index in [0.29, 0.717) is 6.61 Å². The van der Waals surface area contributed by atoms with Crippen LogP contribution in [0.15, 0.2) is 36.5 Å². The Kier molecular flexibility index (Phi) is 33.2. The number of unbranched alkanes of at least 4 members (excludes halogenated alkanes) is 12. The molecule has 4 nitrogen and oxygen atoms in total. The molecule has 4 heteroatoms. The van der Waals surface area contributed by atoms with Crippen LogP contribution in [-0.4, -0.2) is 44.4 Å². The van der Waals surface area contributed by atoms with Gasteiger partial charge < -0.3 is 14.4 Å². The highest BCUT2D eigenvalue weighted by Gasteiger charge is 2.15. The summed E-state index contributed by atoms with van der Waals surface area (Å²) in [6, 6.07) is 0. The fourth-order valence-corrected chi connectivity index (χ4v) is 4.42. The molecule has 0 saturated carbocycles. The Morgan fingerprint density at radius 1 is 0.667 bits per heavy atom. The summed E-state index contributed by atoms with van der Waals surface area (Å²) in [6.07, 6.45) is 36.8. The molecule has 0 aromatic carbocycles. The predicted octanol–water partition coefficient (Wildman–Crippen LogP) is 11.2. The van der Waals surface area contributed by atoms with Crippen molar-refractivity contribution in [2.75, 3.05) is 27.2 Å². The Morgan fingerprint density at radius 2 is 1.18 bits per heavy atom. The Bertz CT molecular complexity index is 582. The summed E-state index contributed by atoms with van der Waals surface area (Å²) < 4.78 is 11.1. The Morgan fingerprint density at radius 3 is 1.72 bits per heavy atom. The van der Waals surface area contributed by atoms with Crippen LogP contribution in [0.25, 0.3) is 0 Å². The minimum Gasteiger partial charge on any atom is -0.434 e. The molecule has 0 heterocycles. The number of carbonyl (C=O) groups is 1. The topological polar surface area (TPSA) is 38.8 Å². The van der Waals surface area contributed by atoms with Gasteiger partial charge in [-0.3, -0.25) is 0 Å². The van der Waals surface area contributed by atoms with Crippen LogP contribution < -0.4 is 0 Å². The number of rotatable bonds is 27. The maximum Gasteiger partial charge on any atom is 0.508 e. The number of carbonyl (C=O) groups excluding carboxylic acids is 1. The lowest BCUT2D eigenvalue weighted by Crippen LogP contribution is -2.21. The Balaban J connectivity index is 0. The van der Waals surface area contributed by atoms with E-state index in [1.54, 1.807) is 0 Å². The molecule has 0 saturated heterocycles. The molecule has 0 bridgehead atoms. The van der Waals surface area contributed by atoms with Gasteiger partial charge in [0.15, 0.2) is 0 Å². The highest BCUT2D eigenvalue weighted by molar-refractivity contribution is 5.60. The molecule has 1 atom stereocenters. The maximum absolute atomic E-state index is 12.2. The molecule has 0 fully saturated rings. The third kappa shape index (κ3) is 32.6. The van der Waals surface area contributed by atoms with Gasteiger partial charge in [-0.2, -0.15) is 0 Å². The molecule has 0 aromatic rings. The average Bonchev–Trinajstić information content (AvgIpc) is 2.90. The largest absolute Gasteiger partial charge is 0.508 e. The number of hydrogen-bond acceptors (Lipinski definition) is 4. The summed E-state index contributed by atoms with van der Waals surface area (Å²) in [5.41, 5.74) is 0. The van der Waals surface area contributed by atoms with Crippen LogP contribution in [0.2, 0.25) is 0 Å². The van der Waals surface area contributed by atoms with E-state index < -0.39 is 6.16 Å². The molecule has 0 amide bonds. The van der Waals surface area contributed by atoms with E-state index in [1.165, 1.54) is 83.5 Å². The Labute approximate surface area is 244 Å². The lowest BCUT2D eigenvalue weighted by molar-refractivity contribution is 0.0150. The average molecular weight is 550 g/mol. The molecule has 1 unspecified atom stereocenters. The summed E-state index contributed by atoms with van der Waals surface area (Å²) in [7, 11) is 4.06. The van der Waals surface area contributed by atoms with Crippen molar-refractivity contribution in [1.29, 1.82) is 0 Å². The van der Waals surface area contributed by atoms with Crippen molar-refractivity contribution < 1.29 is 14.3 Å². The normalized spacial score (nSPS) is 12.5. The third-order valence-corrected chi connectivity index (χ3v) is 6.76. The predicted molar refractivity (Wildman–Crippen MR) is 173 cm³/mol. The van der Waals surface area contributed by atoms with Crippen LogP contribution >= 0.6 is 0 Å². The molecule has 230 valence electrons. The molecule has 0 aliphatic carbocycles. The van der Waals surface area contributed by atoms with E-state index >= 15 is 0 Å². The van der Waals surface area contributed by atoms with Gasteiger partial charge in [-0.05, 0) is 97.6 Å². The first kappa shape index (κ1) is 39.6. The van der Waals surface area contributed by atoms with Crippen molar-refractivity contribution in [2.24, 2.45) is 0 Å². The van der Waals surface area contributed by atoms with Gasteiger partial charge in [-0.25, -0.2) is 4.79 Å². The lowest BCUT2D eigenvalue weighted by Gasteiger charge is -2.18. The third-order valence-electron chi connectivity index (χ3n) is 6.76. The van der Waals surface area contributed by atoms with Crippen molar-refractivity contribution in [1.82, 2.24) is 4.90 Å². The molecule has 0 aliphatic heterocycles. The number of ether oxygens (including phenoxy) is 2. The van der Waals surface area contributed by atoms with Gasteiger partial charge in [0.1, 0.15) is 6.10 Å². The van der Waals surface area contributed by atoms with Gasteiger partial charge in [-0.1, -0.05) is 103 Å². The first-order valence-electron chi connectivity index (χ1n) is 16.0. The van der Waals surface area contributed by atoms with Gasteiger partial charge in [0.05, 0.1) is 6.61 Å². The lowest BCUT2D eigenvalue weighted by atomic mass is 10.0. The second kappa shape index (κ2) is 32.7. The minimum absolute atomic E-state index is 0. The fraction of sp³-hybridized carbons (Fsp3) is 0.800. The van der Waals surface area contributed by atoms with Gasteiger partial charge in [0, 0.05) is 6.54 Å². The van der Waals surface area contributed by atoms with Gasteiger partial charge in [0.25, 0.3) is 0 Å². The van der Waals surface area contributed by atoms with Crippen molar-refractivity contribution in [3.8, 4) is 0 Å². The standard InChI is InChI=1S/C34H63NO3.CH4/c1-5-7-9-11-13-15-16-17-18-19-20-21-23-25-27-30-33(29-26-24-22-14-12-10-8-6-2)38-34(36)37-32-28-31-35(3)4;/h8,10,13,15,17-18,33H,5-7,9,11-12,14,16,19-32H2,1-4H3;1H4/b10-8-,15-13-,18-17-;. The summed E-state index contributed by atoms with van der Waals surface area (Å²) in [5.74, 6) is 0. The van der Waals surface area contributed by atoms with Crippen molar-refractivity contribution in [3.05, 3.63) is 36.5 Å². The van der Waals surface area contributed by atoms with Crippen LogP contribution in [0.4, 0.5) is 4.79 Å². The quantitative estimate of drug-likeness (QED) is 0.0580. The van der Waals surface area contributed by atoms with Gasteiger partial charge >= 0.3 is 6.16 Å². The van der Waals surface area contributed by atoms with E-state index in [9.17, 15) is 4.79 Å². The zero-order valence-electron chi connectivity index (χ0n) is 25.8. The monoisotopic (exact) mass is 550 g/mol. The SMILES string of the molecule is C.CC/C=C\CCCCCCC(CCCCCCC/C=C\C/C=C\CCCCC)OC(=O)OCCCN(C)C. The molecule has 0 N–H and O–H groups in total. The first-order valence-corrected chi connectivity index (χ1v) is 16.0. The van der Waals surface area contributed by atoms with Crippen molar-refractivity contribution in [2.45, 2.75) is 156 Å². The Hall–Kier alpha value is -1.55. The molecular formula is C35H67NO3. The molecule has 39 heavy (non-hydrogen) atoms. The van der Waals surface area contributed by atoms with Gasteiger partial charge in [0.2, 0.25) is 0 Å². The first-order chi connectivity index (χ1) is 18.6. The zero-order valence-corrected chi connectivity index (χ0v) is 25.8. The van der Waals surface area contributed by atoms with E-state index in [2.05, 4.69) is 55.2 Å². The van der Waals surface area contributed by atoms with Crippen LogP contribution in [0, 0.1) is 0 Å². The second-order valence-corrected chi connectivity index (χ2v) is 10.9. The molecule has 0 radical (unpaired) electrons. The summed E-state index contributed by atoms with van der Waals surface area (Å²) in [6.45, 7) is 5.77. The highest BCUT2D eigenvalue weighted by atomic mass is 16.7. The zero-order chi connectivity index (χ0) is 27.9. The number of allylic oxidation sites excluding steroid dienone is 6. The van der Waals surface area contributed by atoms with Crippen LogP contribution in [0.1, 0.15) is 150 Å².